The summed E-state index contributed by atoms with van der Waals surface area (Å²) < 4.78 is 10.3. The zero-order chi connectivity index (χ0) is 20.3. The highest BCUT2D eigenvalue weighted by Gasteiger charge is 2.19. The molecule has 0 unspecified atom stereocenters. The van der Waals surface area contributed by atoms with Gasteiger partial charge in [-0.05, 0) is 41.3 Å². The zero-order valence-electron chi connectivity index (χ0n) is 16.0. The van der Waals surface area contributed by atoms with Crippen molar-refractivity contribution in [3.05, 3.63) is 53.6 Å². The number of carbonyl (C=O) groups excluding carboxylic acids is 3. The normalized spacial score (nSPS) is 13.0. The smallest absolute Gasteiger partial charge is 0.338 e. The van der Waals surface area contributed by atoms with E-state index in [1.807, 2.05) is 24.3 Å². The van der Waals surface area contributed by atoms with E-state index in [1.165, 1.54) is 12.1 Å². The third-order valence-electron chi connectivity index (χ3n) is 4.22. The lowest BCUT2D eigenvalue weighted by molar-refractivity contribution is -0.119. The highest BCUT2D eigenvalue weighted by atomic mass is 16.5. The molecule has 1 heterocycles. The molecule has 3 rings (SSSR count). The number of carbonyl (C=O) groups is 3. The van der Waals surface area contributed by atoms with E-state index in [-0.39, 0.29) is 23.5 Å². The van der Waals surface area contributed by atoms with E-state index >= 15 is 0 Å². The van der Waals surface area contributed by atoms with Crippen LogP contribution in [0.15, 0.2) is 42.5 Å². The van der Waals surface area contributed by atoms with Crippen LogP contribution in [0.25, 0.3) is 0 Å². The standard InChI is InChI=1S/C21H22N2O5/c1-21(2,3)14-5-7-15(8-6-14)22-18(24)12-28-20(26)13-4-9-16-17(10-13)27-11-19(25)23-16/h4-10H,11-12H2,1-3H3,(H,22,24)(H,23,25). The number of fused-ring (bicyclic) bond motifs is 1. The molecule has 7 heteroatoms. The van der Waals surface area contributed by atoms with Crippen molar-refractivity contribution in [3.8, 4) is 5.75 Å². The molecule has 2 aromatic rings. The van der Waals surface area contributed by atoms with Crippen molar-refractivity contribution in [2.75, 3.05) is 23.8 Å². The first-order valence-corrected chi connectivity index (χ1v) is 8.86. The van der Waals surface area contributed by atoms with Crippen LogP contribution in [0.3, 0.4) is 0 Å². The van der Waals surface area contributed by atoms with Crippen molar-refractivity contribution >= 4 is 29.2 Å². The van der Waals surface area contributed by atoms with Crippen LogP contribution in [0.1, 0.15) is 36.7 Å². The number of hydrogen-bond donors (Lipinski definition) is 2. The number of amides is 2. The number of benzene rings is 2. The summed E-state index contributed by atoms with van der Waals surface area (Å²) in [6.45, 7) is 5.82. The van der Waals surface area contributed by atoms with Gasteiger partial charge in [0.1, 0.15) is 5.75 Å². The summed E-state index contributed by atoms with van der Waals surface area (Å²) in [6, 6.07) is 12.1. The van der Waals surface area contributed by atoms with Crippen LogP contribution in [0, 0.1) is 0 Å². The molecule has 2 amide bonds. The summed E-state index contributed by atoms with van der Waals surface area (Å²) in [5.41, 5.74) is 2.54. The van der Waals surface area contributed by atoms with E-state index in [0.717, 1.165) is 5.56 Å². The van der Waals surface area contributed by atoms with Crippen LogP contribution in [0.5, 0.6) is 5.75 Å². The molecule has 0 aliphatic carbocycles. The monoisotopic (exact) mass is 382 g/mol. The zero-order valence-corrected chi connectivity index (χ0v) is 16.0. The second-order valence-corrected chi connectivity index (χ2v) is 7.50. The van der Waals surface area contributed by atoms with Crippen molar-refractivity contribution < 1.29 is 23.9 Å². The third kappa shape index (κ3) is 4.68. The molecule has 0 spiro atoms. The maximum Gasteiger partial charge on any atom is 0.338 e. The van der Waals surface area contributed by atoms with E-state index in [2.05, 4.69) is 31.4 Å². The van der Waals surface area contributed by atoms with Gasteiger partial charge >= 0.3 is 5.97 Å². The lowest BCUT2D eigenvalue weighted by Gasteiger charge is -2.19. The van der Waals surface area contributed by atoms with E-state index in [4.69, 9.17) is 9.47 Å². The maximum atomic E-state index is 12.2. The predicted octanol–water partition coefficient (Wildman–Crippen LogP) is 3.11. The average molecular weight is 382 g/mol. The Bertz CT molecular complexity index is 913. The van der Waals surface area contributed by atoms with Crippen LogP contribution < -0.4 is 15.4 Å². The van der Waals surface area contributed by atoms with E-state index in [1.54, 1.807) is 6.07 Å². The van der Waals surface area contributed by atoms with Gasteiger partial charge in [-0.25, -0.2) is 4.79 Å². The minimum absolute atomic E-state index is 0.0272. The lowest BCUT2D eigenvalue weighted by atomic mass is 9.87. The Balaban J connectivity index is 1.54. The first kappa shape index (κ1) is 19.4. The van der Waals surface area contributed by atoms with Gasteiger partial charge in [-0.2, -0.15) is 0 Å². The van der Waals surface area contributed by atoms with Gasteiger partial charge in [0.15, 0.2) is 13.2 Å². The van der Waals surface area contributed by atoms with Gasteiger partial charge in [-0.15, -0.1) is 0 Å². The maximum absolute atomic E-state index is 12.2. The molecule has 7 nitrogen and oxygen atoms in total. The van der Waals surface area contributed by atoms with Crippen molar-refractivity contribution in [3.63, 3.8) is 0 Å². The molecule has 0 fully saturated rings. The Hall–Kier alpha value is -3.35. The van der Waals surface area contributed by atoms with Crippen molar-refractivity contribution in [1.82, 2.24) is 0 Å². The number of esters is 1. The Kier molecular flexibility index (Phi) is 5.35. The molecule has 0 radical (unpaired) electrons. The van der Waals surface area contributed by atoms with Gasteiger partial charge in [0.2, 0.25) is 0 Å². The van der Waals surface area contributed by atoms with Gasteiger partial charge in [0, 0.05) is 5.69 Å². The van der Waals surface area contributed by atoms with Crippen LogP contribution in [-0.4, -0.2) is 31.0 Å². The number of nitrogens with one attached hydrogen (secondary N) is 2. The van der Waals surface area contributed by atoms with E-state index in [0.29, 0.717) is 17.1 Å². The lowest BCUT2D eigenvalue weighted by Crippen LogP contribution is -2.25. The molecule has 0 saturated carbocycles. The summed E-state index contributed by atoms with van der Waals surface area (Å²) in [4.78, 5) is 35.5. The highest BCUT2D eigenvalue weighted by Crippen LogP contribution is 2.28. The number of rotatable bonds is 4. The molecule has 28 heavy (non-hydrogen) atoms. The third-order valence-corrected chi connectivity index (χ3v) is 4.22. The fourth-order valence-corrected chi connectivity index (χ4v) is 2.67. The number of hydrogen-bond acceptors (Lipinski definition) is 5. The van der Waals surface area contributed by atoms with Gasteiger partial charge < -0.3 is 20.1 Å². The van der Waals surface area contributed by atoms with Crippen LogP contribution in [-0.2, 0) is 19.7 Å². The molecule has 1 aliphatic heterocycles. The van der Waals surface area contributed by atoms with E-state index in [9.17, 15) is 14.4 Å². The van der Waals surface area contributed by atoms with Crippen LogP contribution in [0.2, 0.25) is 0 Å². The van der Waals surface area contributed by atoms with Gasteiger partial charge in [-0.1, -0.05) is 32.9 Å². The van der Waals surface area contributed by atoms with Crippen molar-refractivity contribution in [1.29, 1.82) is 0 Å². The molecule has 1 aliphatic rings. The Morgan fingerprint density at radius 1 is 1.14 bits per heavy atom. The van der Waals surface area contributed by atoms with Gasteiger partial charge in [-0.3, -0.25) is 9.59 Å². The largest absolute Gasteiger partial charge is 0.482 e. The van der Waals surface area contributed by atoms with Crippen LogP contribution in [0.4, 0.5) is 11.4 Å². The topological polar surface area (TPSA) is 93.7 Å². The second-order valence-electron chi connectivity index (χ2n) is 7.50. The summed E-state index contributed by atoms with van der Waals surface area (Å²) in [5.74, 6) is -0.952. The van der Waals surface area contributed by atoms with Crippen molar-refractivity contribution in [2.45, 2.75) is 26.2 Å². The molecule has 2 aromatic carbocycles. The summed E-state index contributed by atoms with van der Waals surface area (Å²) >= 11 is 0. The minimum Gasteiger partial charge on any atom is -0.482 e. The number of anilines is 2. The molecule has 0 aromatic heterocycles. The molecule has 0 bridgehead atoms. The minimum atomic E-state index is -0.651. The molecular formula is C21H22N2O5. The Morgan fingerprint density at radius 3 is 2.54 bits per heavy atom. The van der Waals surface area contributed by atoms with E-state index < -0.39 is 18.5 Å². The molecule has 146 valence electrons. The first-order chi connectivity index (χ1) is 13.2. The molecular weight excluding hydrogens is 360 g/mol. The fraction of sp³-hybridized carbons (Fsp3) is 0.286. The number of ether oxygens (including phenoxy) is 2. The Morgan fingerprint density at radius 2 is 1.86 bits per heavy atom. The first-order valence-electron chi connectivity index (χ1n) is 8.86. The SMILES string of the molecule is CC(C)(C)c1ccc(NC(=O)COC(=O)c2ccc3c(c2)OCC(=O)N3)cc1. The molecule has 0 saturated heterocycles. The summed E-state index contributed by atoms with van der Waals surface area (Å²) in [5, 5.41) is 5.33. The summed E-state index contributed by atoms with van der Waals surface area (Å²) in [6.07, 6.45) is 0. The quantitative estimate of drug-likeness (QED) is 0.793. The van der Waals surface area contributed by atoms with Crippen LogP contribution >= 0.6 is 0 Å². The molecule has 0 atom stereocenters. The van der Waals surface area contributed by atoms with Crippen molar-refractivity contribution in [2.24, 2.45) is 0 Å². The van der Waals surface area contributed by atoms with Gasteiger partial charge in [0.25, 0.3) is 11.8 Å². The second kappa shape index (κ2) is 7.72. The Labute approximate surface area is 163 Å². The highest BCUT2D eigenvalue weighted by molar-refractivity contribution is 5.98. The average Bonchev–Trinajstić information content (AvgIpc) is 2.65. The fourth-order valence-electron chi connectivity index (χ4n) is 2.67. The molecule has 2 N–H and O–H groups in total. The van der Waals surface area contributed by atoms with Gasteiger partial charge in [0.05, 0.1) is 11.3 Å². The predicted molar refractivity (Wildman–Crippen MR) is 105 cm³/mol. The summed E-state index contributed by atoms with van der Waals surface area (Å²) in [7, 11) is 0.